The lowest BCUT2D eigenvalue weighted by atomic mass is 9.95. The van der Waals surface area contributed by atoms with Gasteiger partial charge in [0.1, 0.15) is 19.0 Å². The van der Waals surface area contributed by atoms with Crippen LogP contribution in [0.2, 0.25) is 0 Å². The Morgan fingerprint density at radius 2 is 1.80 bits per heavy atom. The van der Waals surface area contributed by atoms with Crippen molar-refractivity contribution in [1.82, 2.24) is 4.57 Å². The molecule has 0 spiro atoms. The molecule has 9 nitrogen and oxygen atoms in total. The second kappa shape index (κ2) is 12.4. The first kappa shape index (κ1) is 28.3. The van der Waals surface area contributed by atoms with Crippen LogP contribution in [0, 0.1) is 0 Å². The van der Waals surface area contributed by atoms with Gasteiger partial charge < -0.3 is 18.9 Å². The normalized spacial score (nSPS) is 14.6. The predicted molar refractivity (Wildman–Crippen MR) is 151 cm³/mol. The lowest BCUT2D eigenvalue weighted by Crippen LogP contribution is -2.40. The van der Waals surface area contributed by atoms with Crippen LogP contribution in [0.1, 0.15) is 31.0 Å². The minimum Gasteiger partial charge on any atom is -0.493 e. The fourth-order valence-corrected chi connectivity index (χ4v) is 5.22. The van der Waals surface area contributed by atoms with E-state index in [1.807, 2.05) is 24.3 Å². The van der Waals surface area contributed by atoms with E-state index in [-0.39, 0.29) is 29.2 Å². The fraction of sp³-hybridized carbons (Fsp3) is 0.200. The van der Waals surface area contributed by atoms with Crippen molar-refractivity contribution >= 4 is 29.4 Å². The summed E-state index contributed by atoms with van der Waals surface area (Å²) in [6, 6.07) is 11.3. The summed E-state index contributed by atoms with van der Waals surface area (Å²) in [6.45, 7) is 10.6. The highest BCUT2D eigenvalue weighted by molar-refractivity contribution is 7.07. The van der Waals surface area contributed by atoms with E-state index in [1.165, 1.54) is 36.0 Å². The SMILES string of the molecule is C=CCOC(=O)C1=C(C)N=c2sc(=Cc3ccc(OCC=C)cc3)c(=O)n2C1c1ccc(OC(C)=O)c(OC)c1. The molecule has 40 heavy (non-hydrogen) atoms. The number of carbonyl (C=O) groups is 2. The van der Waals surface area contributed by atoms with E-state index in [0.29, 0.717) is 33.0 Å². The molecule has 2 aromatic carbocycles. The predicted octanol–water partition coefficient (Wildman–Crippen LogP) is 3.46. The highest BCUT2D eigenvalue weighted by atomic mass is 32.1. The lowest BCUT2D eigenvalue weighted by molar-refractivity contribution is -0.138. The summed E-state index contributed by atoms with van der Waals surface area (Å²) in [5.74, 6) is 0.0236. The van der Waals surface area contributed by atoms with Crippen LogP contribution in [-0.4, -0.2) is 36.8 Å². The third kappa shape index (κ3) is 5.97. The molecule has 1 unspecified atom stereocenters. The van der Waals surface area contributed by atoms with Gasteiger partial charge in [-0.3, -0.25) is 14.2 Å². The highest BCUT2D eigenvalue weighted by Gasteiger charge is 2.34. The number of ether oxygens (including phenoxy) is 4. The van der Waals surface area contributed by atoms with Gasteiger partial charge in [0, 0.05) is 6.92 Å². The molecule has 206 valence electrons. The Hall–Kier alpha value is -4.70. The first-order chi connectivity index (χ1) is 19.3. The number of aromatic nitrogens is 1. The molecular formula is C30H28N2O7S. The summed E-state index contributed by atoms with van der Waals surface area (Å²) in [5.41, 5.74) is 1.63. The number of carbonyl (C=O) groups excluding carboxylic acids is 2. The van der Waals surface area contributed by atoms with Crippen LogP contribution < -0.4 is 29.1 Å². The van der Waals surface area contributed by atoms with Crippen molar-refractivity contribution in [3.63, 3.8) is 0 Å². The molecule has 10 heteroatoms. The van der Waals surface area contributed by atoms with E-state index >= 15 is 0 Å². The molecule has 3 aromatic rings. The van der Waals surface area contributed by atoms with Gasteiger partial charge in [0.15, 0.2) is 16.3 Å². The zero-order chi connectivity index (χ0) is 28.8. The van der Waals surface area contributed by atoms with Crippen LogP contribution in [0.15, 0.2) is 88.8 Å². The Morgan fingerprint density at radius 1 is 1.07 bits per heavy atom. The maximum absolute atomic E-state index is 13.8. The van der Waals surface area contributed by atoms with E-state index < -0.39 is 18.0 Å². The van der Waals surface area contributed by atoms with E-state index in [0.717, 1.165) is 5.56 Å². The van der Waals surface area contributed by atoms with Crippen LogP contribution in [0.3, 0.4) is 0 Å². The number of allylic oxidation sites excluding steroid dienone is 1. The molecule has 0 bridgehead atoms. The topological polar surface area (TPSA) is 105 Å². The number of benzene rings is 2. The van der Waals surface area contributed by atoms with E-state index in [2.05, 4.69) is 18.2 Å². The van der Waals surface area contributed by atoms with Crippen molar-refractivity contribution in [3.8, 4) is 17.2 Å². The van der Waals surface area contributed by atoms with Crippen LogP contribution in [0.5, 0.6) is 17.2 Å². The van der Waals surface area contributed by atoms with Gasteiger partial charge in [-0.05, 0) is 48.4 Å². The molecule has 1 atom stereocenters. The Morgan fingerprint density at radius 3 is 2.45 bits per heavy atom. The van der Waals surface area contributed by atoms with Crippen molar-refractivity contribution in [3.05, 3.63) is 110 Å². The van der Waals surface area contributed by atoms with Gasteiger partial charge in [0.2, 0.25) is 0 Å². The molecule has 0 amide bonds. The number of rotatable bonds is 10. The van der Waals surface area contributed by atoms with E-state index in [4.69, 9.17) is 18.9 Å². The monoisotopic (exact) mass is 560 g/mol. The maximum atomic E-state index is 13.8. The molecule has 1 aliphatic rings. The largest absolute Gasteiger partial charge is 0.493 e. The third-order valence-corrected chi connectivity index (χ3v) is 6.86. The molecule has 0 radical (unpaired) electrons. The first-order valence-electron chi connectivity index (χ1n) is 12.3. The van der Waals surface area contributed by atoms with Gasteiger partial charge in [-0.2, -0.15) is 0 Å². The molecule has 0 fully saturated rings. The Kier molecular flexibility index (Phi) is 8.80. The summed E-state index contributed by atoms with van der Waals surface area (Å²) in [5, 5.41) is 0. The molecule has 2 heterocycles. The summed E-state index contributed by atoms with van der Waals surface area (Å²) < 4.78 is 23.5. The third-order valence-electron chi connectivity index (χ3n) is 5.88. The highest BCUT2D eigenvalue weighted by Crippen LogP contribution is 2.36. The van der Waals surface area contributed by atoms with Crippen LogP contribution in [0.4, 0.5) is 0 Å². The van der Waals surface area contributed by atoms with Crippen molar-refractivity contribution in [2.24, 2.45) is 4.99 Å². The van der Waals surface area contributed by atoms with Gasteiger partial charge in [-0.1, -0.05) is 54.8 Å². The Balaban J connectivity index is 1.87. The maximum Gasteiger partial charge on any atom is 0.338 e. The van der Waals surface area contributed by atoms with Gasteiger partial charge >= 0.3 is 11.9 Å². The Bertz CT molecular complexity index is 1680. The van der Waals surface area contributed by atoms with Gasteiger partial charge in [-0.15, -0.1) is 0 Å². The number of hydrogen-bond donors (Lipinski definition) is 0. The number of hydrogen-bond acceptors (Lipinski definition) is 9. The zero-order valence-electron chi connectivity index (χ0n) is 22.3. The van der Waals surface area contributed by atoms with Crippen LogP contribution in [0.25, 0.3) is 6.08 Å². The number of methoxy groups -OCH3 is 1. The number of thiazole rings is 1. The van der Waals surface area contributed by atoms with Crippen molar-refractivity contribution in [1.29, 1.82) is 0 Å². The minimum atomic E-state index is -0.870. The molecule has 0 N–H and O–H groups in total. The van der Waals surface area contributed by atoms with Gasteiger partial charge in [0.05, 0.1) is 29.0 Å². The second-order valence-corrected chi connectivity index (χ2v) is 9.65. The summed E-state index contributed by atoms with van der Waals surface area (Å²) in [6.07, 6.45) is 4.88. The minimum absolute atomic E-state index is 0.00598. The van der Waals surface area contributed by atoms with Crippen LogP contribution >= 0.6 is 11.3 Å². The standard InChI is InChI=1S/C30H28N2O7S/c1-6-14-37-22-11-8-20(9-12-22)16-25-28(34)32-27(21-10-13-23(39-19(4)33)24(17-21)36-5)26(29(35)38-15-7-2)18(3)31-30(32)40-25/h6-13,16-17,27H,1-2,14-15H2,3-5H3. The Labute approximate surface area is 234 Å². The van der Waals surface area contributed by atoms with E-state index in [1.54, 1.807) is 37.3 Å². The molecule has 0 saturated heterocycles. The van der Waals surface area contributed by atoms with Crippen molar-refractivity contribution in [2.75, 3.05) is 20.3 Å². The number of nitrogens with zero attached hydrogens (tertiary/aromatic N) is 2. The fourth-order valence-electron chi connectivity index (χ4n) is 4.17. The summed E-state index contributed by atoms with van der Waals surface area (Å²) in [7, 11) is 1.44. The quantitative estimate of drug-likeness (QED) is 0.212. The average Bonchev–Trinajstić information content (AvgIpc) is 3.24. The summed E-state index contributed by atoms with van der Waals surface area (Å²) in [4.78, 5) is 43.6. The second-order valence-electron chi connectivity index (χ2n) is 8.64. The van der Waals surface area contributed by atoms with E-state index in [9.17, 15) is 14.4 Å². The first-order valence-corrected chi connectivity index (χ1v) is 13.1. The molecular weight excluding hydrogens is 532 g/mol. The molecule has 1 aliphatic heterocycles. The molecule has 0 saturated carbocycles. The number of esters is 2. The smallest absolute Gasteiger partial charge is 0.338 e. The molecule has 0 aliphatic carbocycles. The average molecular weight is 561 g/mol. The van der Waals surface area contributed by atoms with Gasteiger partial charge in [-0.25, -0.2) is 9.79 Å². The number of fused-ring (bicyclic) bond motifs is 1. The van der Waals surface area contributed by atoms with Gasteiger partial charge in [0.25, 0.3) is 5.56 Å². The lowest BCUT2D eigenvalue weighted by Gasteiger charge is -2.25. The summed E-state index contributed by atoms with van der Waals surface area (Å²) >= 11 is 1.21. The molecule has 4 rings (SSSR count). The van der Waals surface area contributed by atoms with Crippen LogP contribution in [-0.2, 0) is 14.3 Å². The van der Waals surface area contributed by atoms with Crippen molar-refractivity contribution < 1.29 is 28.5 Å². The molecule has 1 aromatic heterocycles. The van der Waals surface area contributed by atoms with Crippen molar-refractivity contribution in [2.45, 2.75) is 19.9 Å². The zero-order valence-corrected chi connectivity index (χ0v) is 23.2.